The van der Waals surface area contributed by atoms with Crippen LogP contribution in [0.4, 0.5) is 4.39 Å². The Balaban J connectivity index is 1.75. The number of aliphatic hydroxyl groups excluding tert-OH is 1. The summed E-state index contributed by atoms with van der Waals surface area (Å²) in [6.45, 7) is -0.0167. The molecule has 0 spiro atoms. The lowest BCUT2D eigenvalue weighted by Gasteiger charge is -2.21. The first-order chi connectivity index (χ1) is 15.7. The summed E-state index contributed by atoms with van der Waals surface area (Å²) in [5.41, 5.74) is 5.67. The molecular formula is C24H28FN3O4. The normalized spacial score (nSPS) is 17.8. The first kappa shape index (κ1) is 23.4. The van der Waals surface area contributed by atoms with Gasteiger partial charge in [-0.05, 0) is 29.8 Å². The van der Waals surface area contributed by atoms with Crippen molar-refractivity contribution >= 4 is 17.9 Å². The van der Waals surface area contributed by atoms with Gasteiger partial charge in [-0.25, -0.2) is 14.8 Å². The van der Waals surface area contributed by atoms with Crippen molar-refractivity contribution in [3.05, 3.63) is 71.8 Å². The number of amides is 1. The minimum absolute atomic E-state index is 0.0108. The highest BCUT2D eigenvalue weighted by atomic mass is 19.1. The highest BCUT2D eigenvalue weighted by molar-refractivity contribution is 6.00. The minimum Gasteiger partial charge on any atom is -0.494 e. The second kappa shape index (κ2) is 12.0. The maximum absolute atomic E-state index is 12.9. The number of halogens is 1. The summed E-state index contributed by atoms with van der Waals surface area (Å²) >= 11 is 0. The lowest BCUT2D eigenvalue weighted by Crippen LogP contribution is -2.51. The Labute approximate surface area is 186 Å². The average molecular weight is 442 g/mol. The Kier molecular flexibility index (Phi) is 8.77. The van der Waals surface area contributed by atoms with E-state index in [1.54, 1.807) is 12.1 Å². The van der Waals surface area contributed by atoms with Crippen LogP contribution in [0.1, 0.15) is 24.0 Å². The van der Waals surface area contributed by atoms with Gasteiger partial charge in [0.25, 0.3) is 5.91 Å². The third-order valence-electron chi connectivity index (χ3n) is 4.85. The van der Waals surface area contributed by atoms with Gasteiger partial charge in [0.15, 0.2) is 5.54 Å². The van der Waals surface area contributed by atoms with Crippen LogP contribution in [-0.2, 0) is 9.53 Å². The van der Waals surface area contributed by atoms with E-state index >= 15 is 0 Å². The van der Waals surface area contributed by atoms with Crippen molar-refractivity contribution in [3.63, 3.8) is 0 Å². The molecule has 7 nitrogen and oxygen atoms in total. The molecule has 1 aliphatic rings. The van der Waals surface area contributed by atoms with Crippen molar-refractivity contribution < 1.29 is 23.8 Å². The van der Waals surface area contributed by atoms with Gasteiger partial charge in [-0.2, -0.15) is 0 Å². The number of hydrazine groups is 1. The van der Waals surface area contributed by atoms with Crippen molar-refractivity contribution in [1.29, 1.82) is 0 Å². The van der Waals surface area contributed by atoms with Crippen molar-refractivity contribution in [2.75, 3.05) is 33.0 Å². The monoisotopic (exact) mass is 441 g/mol. The number of carbonyl (C=O) groups is 1. The first-order valence-electron chi connectivity index (χ1n) is 10.5. The van der Waals surface area contributed by atoms with Gasteiger partial charge < -0.3 is 14.6 Å². The van der Waals surface area contributed by atoms with Crippen LogP contribution in [-0.4, -0.2) is 55.5 Å². The number of alkyl halides is 1. The molecule has 3 rings (SSSR count). The van der Waals surface area contributed by atoms with Gasteiger partial charge in [-0.1, -0.05) is 42.5 Å². The molecule has 0 bridgehead atoms. The number of aliphatic hydroxyl groups is 1. The van der Waals surface area contributed by atoms with E-state index in [4.69, 9.17) is 14.6 Å². The summed E-state index contributed by atoms with van der Waals surface area (Å²) in [4.78, 5) is 17.5. The zero-order chi connectivity index (χ0) is 22.7. The van der Waals surface area contributed by atoms with E-state index in [0.29, 0.717) is 31.1 Å². The first-order valence-corrected chi connectivity index (χ1v) is 10.5. The average Bonchev–Trinajstić information content (AvgIpc) is 3.26. The summed E-state index contributed by atoms with van der Waals surface area (Å²) < 4.78 is 23.8. The summed E-state index contributed by atoms with van der Waals surface area (Å²) in [5.74, 6) is 0.647. The summed E-state index contributed by atoms with van der Waals surface area (Å²) in [6, 6.07) is 16.9. The molecule has 0 unspecified atom stereocenters. The van der Waals surface area contributed by atoms with E-state index in [0.717, 1.165) is 11.1 Å². The second-order valence-corrected chi connectivity index (χ2v) is 7.27. The third-order valence-corrected chi connectivity index (χ3v) is 4.85. The molecule has 2 aromatic carbocycles. The van der Waals surface area contributed by atoms with Crippen LogP contribution in [0.5, 0.6) is 5.75 Å². The Morgan fingerprint density at radius 2 is 2.00 bits per heavy atom. The van der Waals surface area contributed by atoms with E-state index in [1.165, 1.54) is 0 Å². The van der Waals surface area contributed by atoms with Gasteiger partial charge >= 0.3 is 0 Å². The number of carbonyl (C=O) groups excluding carboxylic acids is 1. The molecule has 2 aromatic rings. The lowest BCUT2D eigenvalue weighted by molar-refractivity contribution is -0.127. The van der Waals surface area contributed by atoms with Crippen LogP contribution in [0.15, 0.2) is 65.7 Å². The minimum atomic E-state index is -1.17. The summed E-state index contributed by atoms with van der Waals surface area (Å²) in [5, 5.41) is 8.85. The van der Waals surface area contributed by atoms with Gasteiger partial charge in [-0.3, -0.25) is 10.2 Å². The standard InChI is InChI=1S/C24H28FN3O4/c25-14-15-26-28-23(30)24(13-4-8-19-6-2-1-3-7-19)18-32-22(27-24)20-9-11-21(12-10-20)31-17-5-16-29/h1-4,6-12,26,29H,5,13-18H2,(H,28,30)/b8-4+/t24-/m0/s1. The highest BCUT2D eigenvalue weighted by Crippen LogP contribution is 2.27. The molecule has 1 amide bonds. The number of hydrogen-bond acceptors (Lipinski definition) is 6. The fraction of sp³-hybridized carbons (Fsp3) is 0.333. The Hall–Kier alpha value is -3.23. The number of ether oxygens (including phenoxy) is 2. The van der Waals surface area contributed by atoms with Gasteiger partial charge in [-0.15, -0.1) is 0 Å². The third kappa shape index (κ3) is 6.38. The van der Waals surface area contributed by atoms with Crippen LogP contribution >= 0.6 is 0 Å². The topological polar surface area (TPSA) is 92.2 Å². The lowest BCUT2D eigenvalue weighted by atomic mass is 9.95. The molecule has 3 N–H and O–H groups in total. The number of aliphatic imine (C=N–C) groups is 1. The van der Waals surface area contributed by atoms with Crippen LogP contribution in [0, 0.1) is 0 Å². The fourth-order valence-electron chi connectivity index (χ4n) is 3.12. The Morgan fingerprint density at radius 3 is 2.72 bits per heavy atom. The zero-order valence-electron chi connectivity index (χ0n) is 17.8. The highest BCUT2D eigenvalue weighted by Gasteiger charge is 2.43. The van der Waals surface area contributed by atoms with Crippen molar-refractivity contribution in [2.24, 2.45) is 4.99 Å². The smallest absolute Gasteiger partial charge is 0.266 e. The van der Waals surface area contributed by atoms with E-state index in [-0.39, 0.29) is 25.7 Å². The molecule has 1 atom stereocenters. The number of benzene rings is 2. The molecule has 0 fully saturated rings. The van der Waals surface area contributed by atoms with Gasteiger partial charge in [0.1, 0.15) is 19.0 Å². The van der Waals surface area contributed by atoms with Gasteiger partial charge in [0.2, 0.25) is 5.90 Å². The van der Waals surface area contributed by atoms with Gasteiger partial charge in [0, 0.05) is 31.6 Å². The SMILES string of the molecule is O=C(NNCCF)[C@]1(C/C=C/c2ccccc2)COC(c2ccc(OCCCO)cc2)=N1. The molecule has 0 saturated carbocycles. The largest absolute Gasteiger partial charge is 0.494 e. The summed E-state index contributed by atoms with van der Waals surface area (Å²) in [7, 11) is 0. The number of rotatable bonds is 12. The van der Waals surface area contributed by atoms with E-state index in [2.05, 4.69) is 15.8 Å². The number of nitrogens with one attached hydrogen (secondary N) is 2. The number of hydrogen-bond donors (Lipinski definition) is 3. The fourth-order valence-corrected chi connectivity index (χ4v) is 3.12. The molecule has 1 aliphatic heterocycles. The Morgan fingerprint density at radius 1 is 1.22 bits per heavy atom. The van der Waals surface area contributed by atoms with Crippen LogP contribution in [0.3, 0.4) is 0 Å². The van der Waals surface area contributed by atoms with Gasteiger partial charge in [0.05, 0.1) is 6.61 Å². The molecule has 8 heteroatoms. The molecule has 170 valence electrons. The number of nitrogens with zero attached hydrogens (tertiary/aromatic N) is 1. The van der Waals surface area contributed by atoms with Crippen molar-refractivity contribution in [2.45, 2.75) is 18.4 Å². The quantitative estimate of drug-likeness (QED) is 0.348. The molecule has 0 aromatic heterocycles. The molecular weight excluding hydrogens is 413 g/mol. The molecule has 32 heavy (non-hydrogen) atoms. The maximum Gasteiger partial charge on any atom is 0.266 e. The molecule has 0 saturated heterocycles. The predicted molar refractivity (Wildman–Crippen MR) is 121 cm³/mol. The van der Waals surface area contributed by atoms with E-state index < -0.39 is 12.2 Å². The van der Waals surface area contributed by atoms with Crippen molar-refractivity contribution in [3.8, 4) is 5.75 Å². The zero-order valence-corrected chi connectivity index (χ0v) is 17.8. The van der Waals surface area contributed by atoms with Crippen LogP contribution < -0.4 is 15.6 Å². The molecule has 1 heterocycles. The van der Waals surface area contributed by atoms with Crippen LogP contribution in [0.25, 0.3) is 6.08 Å². The Bertz CT molecular complexity index is 919. The second-order valence-electron chi connectivity index (χ2n) is 7.27. The van der Waals surface area contributed by atoms with Crippen LogP contribution in [0.2, 0.25) is 0 Å². The molecule has 0 aliphatic carbocycles. The molecule has 0 radical (unpaired) electrons. The van der Waals surface area contributed by atoms with E-state index in [9.17, 15) is 9.18 Å². The van der Waals surface area contributed by atoms with Crippen molar-refractivity contribution in [1.82, 2.24) is 10.9 Å². The predicted octanol–water partition coefficient (Wildman–Crippen LogP) is 2.66. The maximum atomic E-state index is 12.9. The summed E-state index contributed by atoms with van der Waals surface area (Å²) in [6.07, 6.45) is 4.69. The van der Waals surface area contributed by atoms with E-state index in [1.807, 2.05) is 54.6 Å².